The maximum Gasteiger partial charge on any atom is 0.124 e. The van der Waals surface area contributed by atoms with E-state index in [1.807, 2.05) is 7.05 Å². The molecule has 0 aliphatic rings. The second-order valence-electron chi connectivity index (χ2n) is 4.94. The Kier molecular flexibility index (Phi) is 5.63. The van der Waals surface area contributed by atoms with E-state index in [4.69, 9.17) is 10.5 Å². The van der Waals surface area contributed by atoms with E-state index in [1.165, 1.54) is 5.56 Å². The predicted octanol–water partition coefficient (Wildman–Crippen LogP) is 2.56. The highest BCUT2D eigenvalue weighted by molar-refractivity contribution is 5.44. The summed E-state index contributed by atoms with van der Waals surface area (Å²) in [6.07, 6.45) is 1.08. The van der Waals surface area contributed by atoms with Crippen LogP contribution in [0.5, 0.6) is 5.75 Å². The Morgan fingerprint density at radius 3 is 2.22 bits per heavy atom. The maximum absolute atomic E-state index is 6.38. The molecular formula is C15H26N2O. The molecule has 0 radical (unpaired) electrons. The molecule has 102 valence electrons. The zero-order chi connectivity index (χ0) is 13.7. The molecule has 0 saturated carbocycles. The topological polar surface area (TPSA) is 47.3 Å². The number of aryl methyl sites for hydroxylation is 2. The van der Waals surface area contributed by atoms with Crippen LogP contribution in [0.4, 0.5) is 0 Å². The summed E-state index contributed by atoms with van der Waals surface area (Å²) in [6.45, 7) is 7.27. The molecule has 2 atom stereocenters. The van der Waals surface area contributed by atoms with Gasteiger partial charge in [0.1, 0.15) is 5.75 Å². The lowest BCUT2D eigenvalue weighted by atomic mass is 9.89. The molecule has 1 aromatic carbocycles. The van der Waals surface area contributed by atoms with Gasteiger partial charge < -0.3 is 15.8 Å². The van der Waals surface area contributed by atoms with Gasteiger partial charge in [0.05, 0.1) is 7.11 Å². The summed E-state index contributed by atoms with van der Waals surface area (Å²) in [7, 11) is 3.69. The summed E-state index contributed by atoms with van der Waals surface area (Å²) < 4.78 is 5.39. The molecule has 0 saturated heterocycles. The minimum absolute atomic E-state index is 0.0748. The van der Waals surface area contributed by atoms with Gasteiger partial charge in [0.25, 0.3) is 0 Å². The normalized spacial score (nSPS) is 14.3. The number of ether oxygens (including phenoxy) is 1. The molecule has 3 heteroatoms. The van der Waals surface area contributed by atoms with E-state index in [9.17, 15) is 0 Å². The summed E-state index contributed by atoms with van der Waals surface area (Å²) >= 11 is 0. The summed E-state index contributed by atoms with van der Waals surface area (Å²) in [5, 5.41) is 3.22. The van der Waals surface area contributed by atoms with Crippen molar-refractivity contribution >= 4 is 0 Å². The van der Waals surface area contributed by atoms with Crippen molar-refractivity contribution in [1.82, 2.24) is 5.32 Å². The number of methoxy groups -OCH3 is 1. The third-order valence-electron chi connectivity index (χ3n) is 3.57. The van der Waals surface area contributed by atoms with Crippen molar-refractivity contribution in [1.29, 1.82) is 0 Å². The first-order valence-electron chi connectivity index (χ1n) is 6.60. The lowest BCUT2D eigenvalue weighted by Gasteiger charge is -2.24. The van der Waals surface area contributed by atoms with Gasteiger partial charge in [-0.15, -0.1) is 0 Å². The first-order chi connectivity index (χ1) is 8.54. The van der Waals surface area contributed by atoms with E-state index in [0.717, 1.165) is 29.8 Å². The van der Waals surface area contributed by atoms with Gasteiger partial charge in [-0.25, -0.2) is 0 Å². The Balaban J connectivity index is 3.02. The SMILES string of the molecule is CCC(CNC)C(N)c1cc(C)c(OC)c(C)c1. The van der Waals surface area contributed by atoms with Gasteiger partial charge in [0.15, 0.2) is 0 Å². The Hall–Kier alpha value is -1.06. The highest BCUT2D eigenvalue weighted by Gasteiger charge is 2.18. The Morgan fingerprint density at radius 2 is 1.83 bits per heavy atom. The van der Waals surface area contributed by atoms with Crippen LogP contribution in [0.2, 0.25) is 0 Å². The van der Waals surface area contributed by atoms with Crippen LogP contribution < -0.4 is 15.8 Å². The molecule has 0 spiro atoms. The van der Waals surface area contributed by atoms with Crippen molar-refractivity contribution in [2.24, 2.45) is 11.7 Å². The molecule has 0 aliphatic carbocycles. The van der Waals surface area contributed by atoms with Crippen molar-refractivity contribution in [2.75, 3.05) is 20.7 Å². The predicted molar refractivity (Wildman–Crippen MR) is 77.1 cm³/mol. The monoisotopic (exact) mass is 250 g/mol. The molecule has 3 nitrogen and oxygen atoms in total. The zero-order valence-electron chi connectivity index (χ0n) is 12.2. The van der Waals surface area contributed by atoms with Gasteiger partial charge in [0.2, 0.25) is 0 Å². The number of rotatable bonds is 6. The van der Waals surface area contributed by atoms with E-state index in [0.29, 0.717) is 5.92 Å². The fourth-order valence-corrected chi connectivity index (χ4v) is 2.56. The molecule has 0 fully saturated rings. The molecule has 0 aromatic heterocycles. The lowest BCUT2D eigenvalue weighted by molar-refractivity contribution is 0.397. The summed E-state index contributed by atoms with van der Waals surface area (Å²) in [5.74, 6) is 1.43. The smallest absolute Gasteiger partial charge is 0.124 e. The van der Waals surface area contributed by atoms with Gasteiger partial charge in [-0.2, -0.15) is 0 Å². The molecular weight excluding hydrogens is 224 g/mol. The fourth-order valence-electron chi connectivity index (χ4n) is 2.56. The van der Waals surface area contributed by atoms with E-state index < -0.39 is 0 Å². The summed E-state index contributed by atoms with van der Waals surface area (Å²) in [4.78, 5) is 0. The van der Waals surface area contributed by atoms with Crippen LogP contribution in [0.15, 0.2) is 12.1 Å². The van der Waals surface area contributed by atoms with Crippen LogP contribution in [0.25, 0.3) is 0 Å². The Bertz CT molecular complexity index is 367. The third kappa shape index (κ3) is 3.24. The first kappa shape index (κ1) is 15.0. The molecule has 18 heavy (non-hydrogen) atoms. The lowest BCUT2D eigenvalue weighted by Crippen LogP contribution is -2.29. The van der Waals surface area contributed by atoms with Crippen LogP contribution in [0.1, 0.15) is 36.1 Å². The third-order valence-corrected chi connectivity index (χ3v) is 3.57. The van der Waals surface area contributed by atoms with Gasteiger partial charge in [-0.1, -0.05) is 25.5 Å². The standard InChI is InChI=1S/C15H26N2O/c1-6-12(9-17-4)14(16)13-7-10(2)15(18-5)11(3)8-13/h7-8,12,14,17H,6,9,16H2,1-5H3. The molecule has 1 aromatic rings. The minimum atomic E-state index is 0.0748. The van der Waals surface area contributed by atoms with Crippen LogP contribution in [-0.2, 0) is 0 Å². The molecule has 2 unspecified atom stereocenters. The van der Waals surface area contributed by atoms with Crippen molar-refractivity contribution in [3.63, 3.8) is 0 Å². The zero-order valence-corrected chi connectivity index (χ0v) is 12.2. The first-order valence-corrected chi connectivity index (χ1v) is 6.60. The molecule has 0 aliphatic heterocycles. The average molecular weight is 250 g/mol. The largest absolute Gasteiger partial charge is 0.496 e. The number of benzene rings is 1. The minimum Gasteiger partial charge on any atom is -0.496 e. The second kappa shape index (κ2) is 6.76. The van der Waals surface area contributed by atoms with Crippen LogP contribution >= 0.6 is 0 Å². The molecule has 0 bridgehead atoms. The summed E-state index contributed by atoms with van der Waals surface area (Å²) in [5.41, 5.74) is 9.90. The molecule has 1 rings (SSSR count). The van der Waals surface area contributed by atoms with E-state index in [1.54, 1.807) is 7.11 Å². The Labute approximate surface area is 111 Å². The molecule has 3 N–H and O–H groups in total. The highest BCUT2D eigenvalue weighted by atomic mass is 16.5. The fraction of sp³-hybridized carbons (Fsp3) is 0.600. The molecule has 0 amide bonds. The quantitative estimate of drug-likeness (QED) is 0.815. The van der Waals surface area contributed by atoms with Gasteiger partial charge in [-0.3, -0.25) is 0 Å². The molecule has 0 heterocycles. The summed E-state index contributed by atoms with van der Waals surface area (Å²) in [6, 6.07) is 4.37. The maximum atomic E-state index is 6.38. The Morgan fingerprint density at radius 1 is 1.28 bits per heavy atom. The van der Waals surface area contributed by atoms with Crippen molar-refractivity contribution in [3.8, 4) is 5.75 Å². The van der Waals surface area contributed by atoms with Crippen LogP contribution in [0, 0.1) is 19.8 Å². The average Bonchev–Trinajstić information content (AvgIpc) is 2.34. The number of nitrogens with two attached hydrogens (primary N) is 1. The van der Waals surface area contributed by atoms with E-state index in [2.05, 4.69) is 38.2 Å². The van der Waals surface area contributed by atoms with Crippen molar-refractivity contribution < 1.29 is 4.74 Å². The van der Waals surface area contributed by atoms with E-state index >= 15 is 0 Å². The van der Waals surface area contributed by atoms with Crippen molar-refractivity contribution in [2.45, 2.75) is 33.2 Å². The van der Waals surface area contributed by atoms with Gasteiger partial charge >= 0.3 is 0 Å². The number of hydrogen-bond donors (Lipinski definition) is 2. The second-order valence-corrected chi connectivity index (χ2v) is 4.94. The van der Waals surface area contributed by atoms with Crippen LogP contribution in [-0.4, -0.2) is 20.7 Å². The number of nitrogens with one attached hydrogen (secondary N) is 1. The number of hydrogen-bond acceptors (Lipinski definition) is 3. The van der Waals surface area contributed by atoms with Gasteiger partial charge in [0, 0.05) is 6.04 Å². The van der Waals surface area contributed by atoms with Crippen molar-refractivity contribution in [3.05, 3.63) is 28.8 Å². The van der Waals surface area contributed by atoms with E-state index in [-0.39, 0.29) is 6.04 Å². The van der Waals surface area contributed by atoms with Crippen LogP contribution in [0.3, 0.4) is 0 Å². The highest BCUT2D eigenvalue weighted by Crippen LogP contribution is 2.29. The van der Waals surface area contributed by atoms with Gasteiger partial charge in [-0.05, 0) is 50.0 Å².